The van der Waals surface area contributed by atoms with Gasteiger partial charge in [0.15, 0.2) is 0 Å². The summed E-state index contributed by atoms with van der Waals surface area (Å²) in [6, 6.07) is 11.9. The van der Waals surface area contributed by atoms with Crippen molar-refractivity contribution in [2.75, 3.05) is 0 Å². The van der Waals surface area contributed by atoms with Crippen molar-refractivity contribution in [3.63, 3.8) is 0 Å². The molecule has 0 radical (unpaired) electrons. The van der Waals surface area contributed by atoms with Crippen LogP contribution in [0.3, 0.4) is 0 Å². The van der Waals surface area contributed by atoms with Gasteiger partial charge in [-0.05, 0) is 16.8 Å². The minimum atomic E-state index is -0.298. The fourth-order valence-corrected chi connectivity index (χ4v) is 2.39. The molecule has 0 saturated heterocycles. The van der Waals surface area contributed by atoms with E-state index >= 15 is 0 Å². The van der Waals surface area contributed by atoms with E-state index in [4.69, 9.17) is 4.42 Å². The molecular formula is C14H8N2O2. The normalized spacial score (nSPS) is 11.6. The first-order valence-corrected chi connectivity index (χ1v) is 5.62. The first-order valence-electron chi connectivity index (χ1n) is 5.62. The highest BCUT2D eigenvalue weighted by Gasteiger charge is 2.12. The van der Waals surface area contributed by atoms with Crippen LogP contribution >= 0.6 is 0 Å². The van der Waals surface area contributed by atoms with E-state index in [0.717, 1.165) is 21.5 Å². The third-order valence-corrected chi connectivity index (χ3v) is 3.18. The minimum absolute atomic E-state index is 0.298. The number of nitrogens with one attached hydrogen (secondary N) is 1. The fourth-order valence-electron chi connectivity index (χ4n) is 2.39. The van der Waals surface area contributed by atoms with Crippen LogP contribution in [0.25, 0.3) is 32.7 Å². The number of aromatic nitrogens is 2. The zero-order valence-electron chi connectivity index (χ0n) is 9.31. The predicted octanol–water partition coefficient (Wildman–Crippen LogP) is 2.82. The first kappa shape index (κ1) is 9.41. The summed E-state index contributed by atoms with van der Waals surface area (Å²) in [5, 5.41) is 10.1. The number of nitrogens with zero attached hydrogens (tertiary/aromatic N) is 1. The molecule has 86 valence electrons. The second kappa shape index (κ2) is 3.20. The van der Waals surface area contributed by atoms with Gasteiger partial charge in [0.25, 0.3) is 0 Å². The highest BCUT2D eigenvalue weighted by atomic mass is 16.3. The first-order chi connectivity index (χ1) is 8.84. The van der Waals surface area contributed by atoms with Crippen LogP contribution in [0, 0.1) is 0 Å². The van der Waals surface area contributed by atoms with E-state index < -0.39 is 0 Å². The van der Waals surface area contributed by atoms with E-state index in [-0.39, 0.29) is 5.56 Å². The summed E-state index contributed by atoms with van der Waals surface area (Å²) in [5.41, 5.74) is 0.742. The van der Waals surface area contributed by atoms with Gasteiger partial charge < -0.3 is 4.42 Å². The standard InChI is InChI=1S/C14H8N2O2/c17-14-13-10(7-15-16-14)12-9-4-2-1-3-8(9)5-6-11(12)18-13/h1-7H,(H,16,17). The number of H-pyrrole nitrogens is 1. The van der Waals surface area contributed by atoms with Crippen molar-refractivity contribution < 1.29 is 4.42 Å². The van der Waals surface area contributed by atoms with E-state index in [2.05, 4.69) is 10.2 Å². The Balaban J connectivity index is 2.41. The van der Waals surface area contributed by atoms with Gasteiger partial charge in [-0.2, -0.15) is 5.10 Å². The van der Waals surface area contributed by atoms with E-state index in [0.29, 0.717) is 11.2 Å². The quantitative estimate of drug-likeness (QED) is 0.510. The Morgan fingerprint density at radius 1 is 1.06 bits per heavy atom. The fraction of sp³-hybridized carbons (Fsp3) is 0. The summed E-state index contributed by atoms with van der Waals surface area (Å²) >= 11 is 0. The lowest BCUT2D eigenvalue weighted by molar-refractivity contribution is 0.660. The number of rotatable bonds is 0. The molecule has 4 heteroatoms. The summed E-state index contributed by atoms with van der Waals surface area (Å²) in [6.07, 6.45) is 1.63. The Labute approximate surface area is 101 Å². The largest absolute Gasteiger partial charge is 0.450 e. The third-order valence-electron chi connectivity index (χ3n) is 3.18. The summed E-state index contributed by atoms with van der Waals surface area (Å²) in [5.74, 6) is 0. The zero-order valence-corrected chi connectivity index (χ0v) is 9.31. The maximum atomic E-state index is 11.7. The molecule has 2 aromatic heterocycles. The molecule has 1 N–H and O–H groups in total. The van der Waals surface area contributed by atoms with E-state index in [1.54, 1.807) is 6.20 Å². The molecule has 0 aliphatic heterocycles. The maximum absolute atomic E-state index is 11.7. The van der Waals surface area contributed by atoms with Crippen molar-refractivity contribution in [1.29, 1.82) is 0 Å². The Hall–Kier alpha value is -2.62. The molecule has 0 aliphatic carbocycles. The van der Waals surface area contributed by atoms with Crippen LogP contribution < -0.4 is 5.56 Å². The van der Waals surface area contributed by atoms with Crippen molar-refractivity contribution >= 4 is 32.7 Å². The lowest BCUT2D eigenvalue weighted by atomic mass is 10.1. The lowest BCUT2D eigenvalue weighted by Crippen LogP contribution is -2.05. The van der Waals surface area contributed by atoms with Crippen LogP contribution in [-0.2, 0) is 0 Å². The van der Waals surface area contributed by atoms with Crippen LogP contribution in [0.1, 0.15) is 0 Å². The van der Waals surface area contributed by atoms with Gasteiger partial charge >= 0.3 is 5.56 Å². The van der Waals surface area contributed by atoms with Crippen LogP contribution in [0.5, 0.6) is 0 Å². The molecule has 0 bridgehead atoms. The number of fused-ring (bicyclic) bond motifs is 5. The van der Waals surface area contributed by atoms with Crippen LogP contribution in [0.15, 0.2) is 51.8 Å². The second-order valence-corrected chi connectivity index (χ2v) is 4.20. The number of furan rings is 1. The van der Waals surface area contributed by atoms with Gasteiger partial charge in [0.05, 0.1) is 11.6 Å². The average molecular weight is 236 g/mol. The van der Waals surface area contributed by atoms with Crippen molar-refractivity contribution in [2.45, 2.75) is 0 Å². The molecule has 0 saturated carbocycles. The molecule has 0 atom stereocenters. The van der Waals surface area contributed by atoms with Crippen molar-refractivity contribution in [3.05, 3.63) is 52.9 Å². The van der Waals surface area contributed by atoms with E-state index in [1.165, 1.54) is 0 Å². The van der Waals surface area contributed by atoms with Crippen molar-refractivity contribution in [2.24, 2.45) is 0 Å². The number of hydrogen-bond donors (Lipinski definition) is 1. The lowest BCUT2D eigenvalue weighted by Gasteiger charge is -1.97. The van der Waals surface area contributed by atoms with E-state index in [1.807, 2.05) is 36.4 Å². The molecule has 0 aliphatic rings. The van der Waals surface area contributed by atoms with Crippen LogP contribution in [0.4, 0.5) is 0 Å². The van der Waals surface area contributed by atoms with Crippen molar-refractivity contribution in [1.82, 2.24) is 10.2 Å². The van der Waals surface area contributed by atoms with Gasteiger partial charge in [-0.3, -0.25) is 4.79 Å². The molecule has 4 nitrogen and oxygen atoms in total. The Kier molecular flexibility index (Phi) is 1.67. The van der Waals surface area contributed by atoms with Crippen LogP contribution in [0.2, 0.25) is 0 Å². The zero-order chi connectivity index (χ0) is 12.1. The Morgan fingerprint density at radius 3 is 2.89 bits per heavy atom. The second-order valence-electron chi connectivity index (χ2n) is 4.20. The highest BCUT2D eigenvalue weighted by Crippen LogP contribution is 2.32. The smallest absolute Gasteiger partial charge is 0.307 e. The highest BCUT2D eigenvalue weighted by molar-refractivity contribution is 6.18. The minimum Gasteiger partial charge on any atom is -0.450 e. The molecule has 0 amide bonds. The predicted molar refractivity (Wildman–Crippen MR) is 69.6 cm³/mol. The van der Waals surface area contributed by atoms with Gasteiger partial charge in [0.2, 0.25) is 5.58 Å². The molecule has 0 spiro atoms. The van der Waals surface area contributed by atoms with Gasteiger partial charge in [-0.1, -0.05) is 30.3 Å². The van der Waals surface area contributed by atoms with Gasteiger partial charge in [0, 0.05) is 5.39 Å². The van der Waals surface area contributed by atoms with Gasteiger partial charge in [-0.25, -0.2) is 5.10 Å². The monoisotopic (exact) mass is 236 g/mol. The molecule has 0 fully saturated rings. The Morgan fingerprint density at radius 2 is 1.94 bits per heavy atom. The molecule has 2 aromatic carbocycles. The summed E-state index contributed by atoms with van der Waals surface area (Å²) in [4.78, 5) is 11.7. The molecule has 2 heterocycles. The topological polar surface area (TPSA) is 58.9 Å². The van der Waals surface area contributed by atoms with E-state index in [9.17, 15) is 4.79 Å². The SMILES string of the molecule is O=c1[nH]ncc2c1oc1ccc3ccccc3c12. The molecule has 18 heavy (non-hydrogen) atoms. The number of hydrogen-bond acceptors (Lipinski definition) is 3. The molecule has 0 unspecified atom stereocenters. The van der Waals surface area contributed by atoms with Crippen molar-refractivity contribution in [3.8, 4) is 0 Å². The molecule has 4 rings (SSSR count). The summed E-state index contributed by atoms with van der Waals surface area (Å²) in [7, 11) is 0. The molecule has 4 aromatic rings. The van der Waals surface area contributed by atoms with Gasteiger partial charge in [-0.15, -0.1) is 0 Å². The average Bonchev–Trinajstić information content (AvgIpc) is 2.79. The number of benzene rings is 2. The van der Waals surface area contributed by atoms with Gasteiger partial charge in [0.1, 0.15) is 5.58 Å². The Bertz CT molecular complexity index is 950. The molecular weight excluding hydrogens is 228 g/mol. The van der Waals surface area contributed by atoms with Crippen LogP contribution in [-0.4, -0.2) is 10.2 Å². The third kappa shape index (κ3) is 1.09. The maximum Gasteiger partial charge on any atom is 0.307 e. The summed E-state index contributed by atoms with van der Waals surface area (Å²) < 4.78 is 5.61. The summed E-state index contributed by atoms with van der Waals surface area (Å²) in [6.45, 7) is 0. The number of aromatic amines is 1.